The van der Waals surface area contributed by atoms with E-state index >= 15 is 0 Å². The average Bonchev–Trinajstić information content (AvgIpc) is 2.43. The third-order valence-corrected chi connectivity index (χ3v) is 3.26. The summed E-state index contributed by atoms with van der Waals surface area (Å²) in [6.45, 7) is 0. The molecule has 0 aliphatic carbocycles. The van der Waals surface area contributed by atoms with Gasteiger partial charge in [0.2, 0.25) is 0 Å². The van der Waals surface area contributed by atoms with Gasteiger partial charge in [-0.2, -0.15) is 0 Å². The molecule has 0 atom stereocenters. The van der Waals surface area contributed by atoms with Crippen molar-refractivity contribution in [2.75, 3.05) is 12.8 Å². The molecule has 5 heteroatoms. The summed E-state index contributed by atoms with van der Waals surface area (Å²) in [5.41, 5.74) is 6.85. The second-order valence-corrected chi connectivity index (χ2v) is 5.13. The van der Waals surface area contributed by atoms with Crippen LogP contribution in [0.5, 0.6) is 11.5 Å². The molecule has 1 amide bonds. The molecule has 0 radical (unpaired) electrons. The smallest absolute Gasteiger partial charge is 0.251 e. The number of nitrogen functional groups attached to an aromatic ring is 1. The first kappa shape index (κ1) is 13.7. The van der Waals surface area contributed by atoms with Crippen LogP contribution >= 0.6 is 22.6 Å². The molecule has 0 spiro atoms. The van der Waals surface area contributed by atoms with E-state index in [0.29, 0.717) is 22.7 Å². The van der Waals surface area contributed by atoms with Crippen molar-refractivity contribution in [3.05, 3.63) is 51.6 Å². The molecule has 0 heterocycles. The molecule has 0 unspecified atom stereocenters. The number of nitrogens with one attached hydrogen (secondary N) is 1. The van der Waals surface area contributed by atoms with E-state index in [1.54, 1.807) is 25.2 Å². The molecular formula is C14H13IN2O2. The number of amides is 1. The third-order valence-electron chi connectivity index (χ3n) is 2.54. The van der Waals surface area contributed by atoms with Crippen molar-refractivity contribution in [2.45, 2.75) is 0 Å². The Morgan fingerprint density at radius 3 is 2.53 bits per heavy atom. The van der Waals surface area contributed by atoms with Crippen LogP contribution in [0.4, 0.5) is 5.69 Å². The van der Waals surface area contributed by atoms with Crippen LogP contribution in [0.3, 0.4) is 0 Å². The Bertz CT molecular complexity index is 597. The predicted molar refractivity (Wildman–Crippen MR) is 83.5 cm³/mol. The van der Waals surface area contributed by atoms with Crippen molar-refractivity contribution in [3.63, 3.8) is 0 Å². The Hall–Kier alpha value is -1.76. The third kappa shape index (κ3) is 3.37. The van der Waals surface area contributed by atoms with Gasteiger partial charge in [-0.1, -0.05) is 0 Å². The Labute approximate surface area is 125 Å². The minimum Gasteiger partial charge on any atom is -0.455 e. The number of halogens is 1. The quantitative estimate of drug-likeness (QED) is 0.647. The molecule has 0 bridgehead atoms. The van der Waals surface area contributed by atoms with Crippen molar-refractivity contribution >= 4 is 34.2 Å². The van der Waals surface area contributed by atoms with Gasteiger partial charge in [-0.05, 0) is 65.1 Å². The predicted octanol–water partition coefficient (Wildman–Crippen LogP) is 3.03. The first-order valence-electron chi connectivity index (χ1n) is 5.65. The largest absolute Gasteiger partial charge is 0.455 e. The lowest BCUT2D eigenvalue weighted by molar-refractivity contribution is 0.0963. The van der Waals surface area contributed by atoms with Crippen LogP contribution in [-0.4, -0.2) is 13.0 Å². The highest BCUT2D eigenvalue weighted by Gasteiger charge is 2.08. The lowest BCUT2D eigenvalue weighted by Crippen LogP contribution is -2.17. The van der Waals surface area contributed by atoms with Crippen LogP contribution in [-0.2, 0) is 0 Å². The molecule has 2 aromatic rings. The van der Waals surface area contributed by atoms with Gasteiger partial charge in [0.25, 0.3) is 5.91 Å². The molecular weight excluding hydrogens is 355 g/mol. The van der Waals surface area contributed by atoms with Gasteiger partial charge < -0.3 is 15.8 Å². The minimum atomic E-state index is -0.174. The number of hydrogen-bond donors (Lipinski definition) is 2. The van der Waals surface area contributed by atoms with Crippen LogP contribution in [0, 0.1) is 3.57 Å². The second kappa shape index (κ2) is 5.92. The van der Waals surface area contributed by atoms with Gasteiger partial charge in [0.15, 0.2) is 5.75 Å². The summed E-state index contributed by atoms with van der Waals surface area (Å²) < 4.78 is 6.81. The van der Waals surface area contributed by atoms with E-state index in [-0.39, 0.29) is 5.91 Å². The van der Waals surface area contributed by atoms with Crippen LogP contribution in [0.15, 0.2) is 42.5 Å². The van der Waals surface area contributed by atoms with E-state index in [1.165, 1.54) is 0 Å². The fraction of sp³-hybridized carbons (Fsp3) is 0.0714. The first-order valence-corrected chi connectivity index (χ1v) is 6.73. The highest BCUT2D eigenvalue weighted by molar-refractivity contribution is 14.1. The summed E-state index contributed by atoms with van der Waals surface area (Å²) in [6, 6.07) is 12.5. The number of nitrogens with two attached hydrogens (primary N) is 1. The van der Waals surface area contributed by atoms with Crippen LogP contribution in [0.25, 0.3) is 0 Å². The number of hydrogen-bond acceptors (Lipinski definition) is 3. The normalized spacial score (nSPS) is 10.0. The van der Waals surface area contributed by atoms with Gasteiger partial charge in [0.05, 0.1) is 5.69 Å². The molecule has 98 valence electrons. The molecule has 4 nitrogen and oxygen atoms in total. The molecule has 3 N–H and O–H groups in total. The lowest BCUT2D eigenvalue weighted by atomic mass is 10.2. The van der Waals surface area contributed by atoms with Crippen LogP contribution in [0.2, 0.25) is 0 Å². The monoisotopic (exact) mass is 368 g/mol. The van der Waals surface area contributed by atoms with E-state index < -0.39 is 0 Å². The number of benzene rings is 2. The highest BCUT2D eigenvalue weighted by atomic mass is 127. The van der Waals surface area contributed by atoms with Gasteiger partial charge >= 0.3 is 0 Å². The summed E-state index contributed by atoms with van der Waals surface area (Å²) in [7, 11) is 1.58. The fourth-order valence-corrected chi connectivity index (χ4v) is 1.90. The fourth-order valence-electron chi connectivity index (χ4n) is 1.54. The SMILES string of the molecule is CNC(=O)c1ccc(N)c(Oc2ccc(I)cc2)c1. The lowest BCUT2D eigenvalue weighted by Gasteiger charge is -2.10. The van der Waals surface area contributed by atoms with Gasteiger partial charge in [0, 0.05) is 16.2 Å². The summed E-state index contributed by atoms with van der Waals surface area (Å²) in [5, 5.41) is 2.56. The van der Waals surface area contributed by atoms with E-state index in [0.717, 1.165) is 3.57 Å². The Morgan fingerprint density at radius 1 is 1.21 bits per heavy atom. The zero-order valence-electron chi connectivity index (χ0n) is 10.3. The average molecular weight is 368 g/mol. The highest BCUT2D eigenvalue weighted by Crippen LogP contribution is 2.28. The number of carbonyl (C=O) groups excluding carboxylic acids is 1. The van der Waals surface area contributed by atoms with Crippen molar-refractivity contribution in [1.29, 1.82) is 0 Å². The first-order chi connectivity index (χ1) is 9.10. The van der Waals surface area contributed by atoms with Crippen LogP contribution in [0.1, 0.15) is 10.4 Å². The number of rotatable bonds is 3. The van der Waals surface area contributed by atoms with Crippen molar-refractivity contribution in [2.24, 2.45) is 0 Å². The van der Waals surface area contributed by atoms with Gasteiger partial charge in [-0.25, -0.2) is 0 Å². The molecule has 2 rings (SSSR count). The van der Waals surface area contributed by atoms with Gasteiger partial charge in [0.1, 0.15) is 5.75 Å². The molecule has 0 saturated carbocycles. The molecule has 0 aromatic heterocycles. The summed E-state index contributed by atoms with van der Waals surface area (Å²) in [5.74, 6) is 0.982. The van der Waals surface area contributed by atoms with E-state index in [4.69, 9.17) is 10.5 Å². The topological polar surface area (TPSA) is 64.4 Å². The van der Waals surface area contributed by atoms with Gasteiger partial charge in [-0.15, -0.1) is 0 Å². The Kier molecular flexibility index (Phi) is 4.26. The maximum atomic E-state index is 11.6. The maximum Gasteiger partial charge on any atom is 0.251 e. The van der Waals surface area contributed by atoms with Crippen LogP contribution < -0.4 is 15.8 Å². The van der Waals surface area contributed by atoms with Crippen molar-refractivity contribution < 1.29 is 9.53 Å². The maximum absolute atomic E-state index is 11.6. The standard InChI is InChI=1S/C14H13IN2O2/c1-17-14(18)9-2-7-12(16)13(8-9)19-11-5-3-10(15)4-6-11/h2-8H,16H2,1H3,(H,17,18). The molecule has 19 heavy (non-hydrogen) atoms. The summed E-state index contributed by atoms with van der Waals surface area (Å²) in [6.07, 6.45) is 0. The summed E-state index contributed by atoms with van der Waals surface area (Å²) in [4.78, 5) is 11.6. The molecule has 0 saturated heterocycles. The number of ether oxygens (including phenoxy) is 1. The zero-order chi connectivity index (χ0) is 13.8. The minimum absolute atomic E-state index is 0.174. The number of carbonyl (C=O) groups is 1. The molecule has 0 fully saturated rings. The van der Waals surface area contributed by atoms with E-state index in [2.05, 4.69) is 27.9 Å². The molecule has 0 aliphatic heterocycles. The van der Waals surface area contributed by atoms with E-state index in [9.17, 15) is 4.79 Å². The van der Waals surface area contributed by atoms with Crippen molar-refractivity contribution in [3.8, 4) is 11.5 Å². The zero-order valence-corrected chi connectivity index (χ0v) is 12.5. The van der Waals surface area contributed by atoms with Gasteiger partial charge in [-0.3, -0.25) is 4.79 Å². The molecule has 0 aliphatic rings. The molecule has 2 aromatic carbocycles. The summed E-state index contributed by atoms with van der Waals surface area (Å²) >= 11 is 2.22. The Morgan fingerprint density at radius 2 is 1.89 bits per heavy atom. The van der Waals surface area contributed by atoms with Crippen molar-refractivity contribution in [1.82, 2.24) is 5.32 Å². The second-order valence-electron chi connectivity index (χ2n) is 3.89. The van der Waals surface area contributed by atoms with E-state index in [1.807, 2.05) is 24.3 Å². The Balaban J connectivity index is 2.28. The number of anilines is 1.